The van der Waals surface area contributed by atoms with Crippen LogP contribution in [0.15, 0.2) is 57.4 Å². The molecule has 0 N–H and O–H groups in total. The molecule has 2 aromatic rings. The average Bonchev–Trinajstić information content (AvgIpc) is 3.30. The van der Waals surface area contributed by atoms with Crippen molar-refractivity contribution in [1.82, 2.24) is 0 Å². The Bertz CT molecular complexity index is 1160. The second-order valence-electron chi connectivity index (χ2n) is 13.7. The van der Waals surface area contributed by atoms with Crippen LogP contribution in [0.5, 0.6) is 0 Å². The Labute approximate surface area is 216 Å². The first-order valence-corrected chi connectivity index (χ1v) is 16.8. The summed E-state index contributed by atoms with van der Waals surface area (Å²) in [5.41, 5.74) is 11.2. The van der Waals surface area contributed by atoms with Crippen molar-refractivity contribution < 1.29 is 21.3 Å². The van der Waals surface area contributed by atoms with Crippen LogP contribution >= 0.6 is 0 Å². The van der Waals surface area contributed by atoms with Crippen LogP contribution < -0.4 is 0 Å². The molecule has 0 radical (unpaired) electrons. The van der Waals surface area contributed by atoms with E-state index in [2.05, 4.69) is 125 Å². The van der Waals surface area contributed by atoms with E-state index in [0.717, 1.165) is 6.42 Å². The van der Waals surface area contributed by atoms with Gasteiger partial charge in [-0.25, -0.2) is 0 Å². The summed E-state index contributed by atoms with van der Waals surface area (Å²) in [4.78, 5) is 0. The van der Waals surface area contributed by atoms with Crippen molar-refractivity contribution in [2.75, 3.05) is 0 Å². The molecule has 2 aliphatic rings. The van der Waals surface area contributed by atoms with Gasteiger partial charge in [-0.1, -0.05) is 0 Å². The molecule has 0 saturated heterocycles. The monoisotopic (exact) mass is 530 g/mol. The van der Waals surface area contributed by atoms with E-state index in [9.17, 15) is 0 Å². The van der Waals surface area contributed by atoms with Crippen LogP contribution in [0.25, 0.3) is 11.1 Å². The molecule has 0 atom stereocenters. The van der Waals surface area contributed by atoms with Gasteiger partial charge in [0, 0.05) is 0 Å². The van der Waals surface area contributed by atoms with Crippen molar-refractivity contribution in [3.8, 4) is 11.1 Å². The Morgan fingerprint density at radius 3 is 1.53 bits per heavy atom. The molecule has 0 bridgehead atoms. The van der Waals surface area contributed by atoms with Gasteiger partial charge in [-0.3, -0.25) is 0 Å². The molecule has 0 aliphatic heterocycles. The van der Waals surface area contributed by atoms with Gasteiger partial charge in [0.15, 0.2) is 0 Å². The minimum atomic E-state index is -2.18. The predicted octanol–water partition coefficient (Wildman–Crippen LogP) is 9.44. The van der Waals surface area contributed by atoms with E-state index in [1.165, 1.54) is 27.8 Å². The molecular weight excluding hydrogens is 488 g/mol. The van der Waals surface area contributed by atoms with E-state index < -0.39 is 21.3 Å². The van der Waals surface area contributed by atoms with E-state index >= 15 is 0 Å². The van der Waals surface area contributed by atoms with Crippen LogP contribution in [0, 0.1) is 5.41 Å². The van der Waals surface area contributed by atoms with Crippen LogP contribution in [0.4, 0.5) is 0 Å². The molecular formula is C33H44Zr. The second-order valence-corrected chi connectivity index (χ2v) is 21.2. The third-order valence-corrected chi connectivity index (χ3v) is 15.8. The van der Waals surface area contributed by atoms with E-state index in [-0.39, 0.29) is 16.2 Å². The molecule has 0 saturated carbocycles. The zero-order valence-corrected chi connectivity index (χ0v) is 25.9. The Morgan fingerprint density at radius 1 is 0.706 bits per heavy atom. The number of hydrogen-bond donors (Lipinski definition) is 0. The molecule has 1 heteroatoms. The van der Waals surface area contributed by atoms with E-state index in [1.54, 1.807) is 17.6 Å². The van der Waals surface area contributed by atoms with Gasteiger partial charge in [0.25, 0.3) is 0 Å². The molecule has 0 fully saturated rings. The van der Waals surface area contributed by atoms with Crippen LogP contribution in [0.2, 0.25) is 0 Å². The first kappa shape index (κ1) is 25.8. The van der Waals surface area contributed by atoms with Crippen molar-refractivity contribution in [1.29, 1.82) is 0 Å². The summed E-state index contributed by atoms with van der Waals surface area (Å²) in [6, 6.07) is 14.8. The Kier molecular flexibility index (Phi) is 6.56. The Hall–Kier alpha value is -1.33. The zero-order chi connectivity index (χ0) is 25.2. The van der Waals surface area contributed by atoms with Gasteiger partial charge in [-0.05, 0) is 0 Å². The molecule has 0 spiro atoms. The van der Waals surface area contributed by atoms with E-state index in [1.807, 2.05) is 0 Å². The fraction of sp³-hybridized carbons (Fsp3) is 0.485. The van der Waals surface area contributed by atoms with Gasteiger partial charge < -0.3 is 0 Å². The number of rotatable bonds is 2. The Morgan fingerprint density at radius 2 is 1.18 bits per heavy atom. The Balaban J connectivity index is 1.97. The van der Waals surface area contributed by atoms with E-state index in [4.69, 9.17) is 0 Å². The summed E-state index contributed by atoms with van der Waals surface area (Å²) >= 11 is -2.18. The average molecular weight is 532 g/mol. The van der Waals surface area contributed by atoms with Crippen molar-refractivity contribution >= 4 is 3.21 Å². The summed E-state index contributed by atoms with van der Waals surface area (Å²) in [5.74, 6) is 0. The molecule has 2 aliphatic carbocycles. The van der Waals surface area contributed by atoms with Gasteiger partial charge in [0.1, 0.15) is 0 Å². The topological polar surface area (TPSA) is 0 Å². The van der Waals surface area contributed by atoms with Gasteiger partial charge in [0.2, 0.25) is 0 Å². The fourth-order valence-electron chi connectivity index (χ4n) is 5.54. The number of allylic oxidation sites excluding steroid dienone is 4. The maximum absolute atomic E-state index is 2.61. The van der Waals surface area contributed by atoms with Gasteiger partial charge in [-0.2, -0.15) is 0 Å². The summed E-state index contributed by atoms with van der Waals surface area (Å²) in [6.45, 7) is 26.0. The summed E-state index contributed by atoms with van der Waals surface area (Å²) in [6.07, 6.45) is 6.29. The molecule has 0 aromatic heterocycles. The van der Waals surface area contributed by atoms with Gasteiger partial charge >= 0.3 is 218 Å². The van der Waals surface area contributed by atoms with Crippen molar-refractivity contribution in [2.45, 2.75) is 97.0 Å². The second kappa shape index (κ2) is 8.66. The van der Waals surface area contributed by atoms with E-state index in [0.29, 0.717) is 3.63 Å². The van der Waals surface area contributed by atoms with Crippen LogP contribution in [-0.4, -0.2) is 3.21 Å². The zero-order valence-electron chi connectivity index (χ0n) is 23.4. The number of hydrogen-bond acceptors (Lipinski definition) is 0. The van der Waals surface area contributed by atoms with Crippen LogP contribution in [-0.2, 0) is 32.1 Å². The van der Waals surface area contributed by atoms with Crippen LogP contribution in [0.1, 0.15) is 108 Å². The molecule has 0 heterocycles. The SMILES string of the molecule is C[C](C)=[Zr]([C]1=CC(C(C)(C)C)=CC1)[CH]1c2cc(C(C)(C)C)ccc2-c2ccc(C(C)(C)C)cc21. The third-order valence-electron chi connectivity index (χ3n) is 7.66. The fourth-order valence-corrected chi connectivity index (χ4v) is 13.7. The molecule has 180 valence electrons. The molecule has 4 rings (SSSR count). The molecule has 0 amide bonds. The maximum atomic E-state index is 2.61. The third kappa shape index (κ3) is 4.72. The number of fused-ring (bicyclic) bond motifs is 3. The summed E-state index contributed by atoms with van der Waals surface area (Å²) in [5, 5.41) is 0. The quantitative estimate of drug-likeness (QED) is 0.362. The predicted molar refractivity (Wildman–Crippen MR) is 148 cm³/mol. The molecule has 2 aromatic carbocycles. The minimum absolute atomic E-state index is 0.160. The number of benzene rings is 2. The van der Waals surface area contributed by atoms with Gasteiger partial charge in [-0.15, -0.1) is 0 Å². The first-order chi connectivity index (χ1) is 15.6. The molecule has 34 heavy (non-hydrogen) atoms. The molecule has 0 nitrogen and oxygen atoms in total. The standard InChI is InChI=1S/C21H25.C9H13.C3H6.Zr/c1-20(2,3)16-7-9-18-14(12-16)11-15-13-17(21(4,5)6)8-10-19(15)18;1-9(2,3)8-6-4-5-7-8;1-3-2;/h7-13H,1-6H3;6-7H,4H2,1-3H3;1-2H3;. The van der Waals surface area contributed by atoms with Crippen molar-refractivity contribution in [2.24, 2.45) is 5.41 Å². The normalized spacial score (nSPS) is 16.2. The van der Waals surface area contributed by atoms with Gasteiger partial charge in [0.05, 0.1) is 0 Å². The first-order valence-electron chi connectivity index (χ1n) is 13.0. The summed E-state index contributed by atoms with van der Waals surface area (Å²) in [7, 11) is 0. The van der Waals surface area contributed by atoms with Crippen molar-refractivity contribution in [3.05, 3.63) is 79.7 Å². The molecule has 0 unspecified atom stereocenters. The van der Waals surface area contributed by atoms with Crippen LogP contribution in [0.3, 0.4) is 0 Å². The summed E-state index contributed by atoms with van der Waals surface area (Å²) < 4.78 is 4.06. The van der Waals surface area contributed by atoms with Crippen molar-refractivity contribution in [3.63, 3.8) is 0 Å².